The second kappa shape index (κ2) is 31.1. The minimum absolute atomic E-state index is 0.636. The number of hydrogen-bond acceptors (Lipinski definition) is 10. The summed E-state index contributed by atoms with van der Waals surface area (Å²) in [7, 11) is 0. The molecule has 21 rings (SSSR count). The van der Waals surface area contributed by atoms with Crippen LogP contribution in [0.25, 0.3) is 185 Å². The predicted octanol–water partition coefficient (Wildman–Crippen LogP) is 25.6. The summed E-state index contributed by atoms with van der Waals surface area (Å²) in [5, 5.41) is 3.34. The van der Waals surface area contributed by atoms with E-state index < -0.39 is 0 Å². The molecule has 21 aromatic rings. The average Bonchev–Trinajstić information content (AvgIpc) is 1.59. The lowest BCUT2D eigenvalue weighted by Crippen LogP contribution is -2.00. The van der Waals surface area contributed by atoms with Crippen LogP contribution in [0.1, 0.15) is 0 Å². The van der Waals surface area contributed by atoms with E-state index in [-0.39, 0.29) is 0 Å². The SMILES string of the molecule is Brc1ccc2c(c1)c1ncccc1n2-c1ccc(-c2cc(-c3ccccc3)nc(-c3ccccc3)n2)cc1.Brc1ccc2c(c1)c1ncccc1n2-c1ccc(-c2nc(-c3ccccc3)cc(-c3ccccc3)n2)cc1.Brc1ccc2c(c1)c1ncccc1n2-c1ccc(-c2nc(-c3ccccc3)nc(-c3ccccc3)n2)cc1. The molecule has 0 aliphatic rings. The van der Waals surface area contributed by atoms with E-state index >= 15 is 0 Å². The maximum absolute atomic E-state index is 4.97. The Kier molecular flexibility index (Phi) is 19.2. The summed E-state index contributed by atoms with van der Waals surface area (Å²) in [6, 6.07) is 122. The van der Waals surface area contributed by atoms with Crippen LogP contribution < -0.4 is 0 Å². The van der Waals surface area contributed by atoms with Crippen LogP contribution in [0.3, 0.4) is 0 Å². The van der Waals surface area contributed by atoms with Gasteiger partial charge in [0.15, 0.2) is 29.1 Å². The van der Waals surface area contributed by atoms with Crippen molar-refractivity contribution in [1.29, 1.82) is 0 Å². The average molecular weight is 1660 g/mol. The molecule has 9 aromatic heterocycles. The lowest BCUT2D eigenvalue weighted by molar-refractivity contribution is 1.07. The molecule has 0 aliphatic carbocycles. The van der Waals surface area contributed by atoms with Crippen molar-refractivity contribution in [3.63, 3.8) is 0 Å². The van der Waals surface area contributed by atoms with Gasteiger partial charge in [-0.2, -0.15) is 0 Å². The molecule has 0 radical (unpaired) electrons. The summed E-state index contributed by atoms with van der Waals surface area (Å²) in [4.78, 5) is 48.3. The van der Waals surface area contributed by atoms with E-state index in [1.165, 1.54) is 0 Å². The van der Waals surface area contributed by atoms with Gasteiger partial charge in [0.1, 0.15) is 0 Å². The first-order chi connectivity index (χ1) is 56.2. The highest BCUT2D eigenvalue weighted by molar-refractivity contribution is 9.11. The van der Waals surface area contributed by atoms with E-state index in [0.717, 1.165) is 169 Å². The first-order valence-electron chi connectivity index (χ1n) is 37.1. The van der Waals surface area contributed by atoms with Crippen LogP contribution in [-0.2, 0) is 0 Å². The molecular formula is C98H62Br3N13. The minimum atomic E-state index is 0.636. The van der Waals surface area contributed by atoms with Gasteiger partial charge in [0.05, 0.1) is 72.4 Å². The van der Waals surface area contributed by atoms with Gasteiger partial charge >= 0.3 is 0 Å². The Balaban J connectivity index is 0.000000115. The molecule has 9 heterocycles. The predicted molar refractivity (Wildman–Crippen MR) is 472 cm³/mol. The molecule has 0 fully saturated rings. The fourth-order valence-corrected chi connectivity index (χ4v) is 15.7. The van der Waals surface area contributed by atoms with Crippen molar-refractivity contribution < 1.29 is 0 Å². The standard InChI is InChI=1S/2C33H21BrN4.C32H20BrN5/c34-25-15-18-30-27(20-25)32-31(12-7-19-35-32)38(30)26-16-13-23(14-17-26)29-21-28(22-8-3-1-4-9-22)36-33(37-29)24-10-5-2-6-11-24;34-25-15-18-30-27(20-25)32-31(12-7-19-35-32)38(30)26-16-13-24(14-17-26)33-36-28(22-8-3-1-4-9-22)21-29(37-33)23-10-5-2-6-11-23;33-24-15-18-27-26(20-24)29-28(12-7-19-34-29)38(27)25-16-13-23(14-17-25)32-36-30(21-8-3-1-4-9-21)35-31(37-32)22-10-5-2-6-11-22/h2*1-21H;1-20H. The topological polar surface area (TPSA) is 144 Å². The summed E-state index contributed by atoms with van der Waals surface area (Å²) in [5.41, 5.74) is 25.3. The lowest BCUT2D eigenvalue weighted by Gasteiger charge is -2.11. The minimum Gasteiger partial charge on any atom is -0.308 e. The second-order valence-electron chi connectivity index (χ2n) is 27.2. The van der Waals surface area contributed by atoms with Crippen molar-refractivity contribution in [2.24, 2.45) is 0 Å². The summed E-state index contributed by atoms with van der Waals surface area (Å²) in [6.07, 6.45) is 5.53. The van der Waals surface area contributed by atoms with Crippen LogP contribution in [0.4, 0.5) is 0 Å². The zero-order chi connectivity index (χ0) is 76.4. The van der Waals surface area contributed by atoms with Crippen LogP contribution in [-0.4, -0.2) is 63.5 Å². The van der Waals surface area contributed by atoms with E-state index in [1.807, 2.05) is 182 Å². The first-order valence-corrected chi connectivity index (χ1v) is 39.4. The maximum atomic E-state index is 4.97. The molecule has 12 aromatic carbocycles. The molecule has 13 nitrogen and oxygen atoms in total. The zero-order valence-electron chi connectivity index (χ0n) is 60.7. The van der Waals surface area contributed by atoms with Gasteiger partial charge in [-0.15, -0.1) is 0 Å². The van der Waals surface area contributed by atoms with Crippen LogP contribution in [0.5, 0.6) is 0 Å². The molecule has 0 aliphatic heterocycles. The molecule has 114 heavy (non-hydrogen) atoms. The Hall–Kier alpha value is -13.9. The van der Waals surface area contributed by atoms with E-state index in [1.54, 1.807) is 0 Å². The van der Waals surface area contributed by atoms with Crippen LogP contribution in [0.15, 0.2) is 390 Å². The number of rotatable bonds is 12. The van der Waals surface area contributed by atoms with E-state index in [2.05, 4.69) is 271 Å². The van der Waals surface area contributed by atoms with E-state index in [4.69, 9.17) is 34.9 Å². The molecule has 16 heteroatoms. The van der Waals surface area contributed by atoms with Gasteiger partial charge in [-0.1, -0.05) is 242 Å². The number of nitrogens with zero attached hydrogens (tertiary/aromatic N) is 13. The quantitative estimate of drug-likeness (QED) is 0.116. The van der Waals surface area contributed by atoms with Crippen LogP contribution in [0.2, 0.25) is 0 Å². The molecule has 0 spiro atoms. The largest absolute Gasteiger partial charge is 0.308 e. The van der Waals surface area contributed by atoms with Crippen molar-refractivity contribution in [3.8, 4) is 119 Å². The summed E-state index contributed by atoms with van der Waals surface area (Å²) >= 11 is 10.8. The fourth-order valence-electron chi connectivity index (χ4n) is 14.7. The van der Waals surface area contributed by atoms with Gasteiger partial charge in [-0.25, -0.2) is 34.9 Å². The van der Waals surface area contributed by atoms with Crippen molar-refractivity contribution in [3.05, 3.63) is 390 Å². The van der Waals surface area contributed by atoms with Gasteiger partial charge in [-0.3, -0.25) is 15.0 Å². The number of fused-ring (bicyclic) bond motifs is 9. The Labute approximate surface area is 680 Å². The Morgan fingerprint density at radius 1 is 0.184 bits per heavy atom. The zero-order valence-corrected chi connectivity index (χ0v) is 65.5. The highest BCUT2D eigenvalue weighted by Crippen LogP contribution is 2.39. The van der Waals surface area contributed by atoms with E-state index in [9.17, 15) is 0 Å². The highest BCUT2D eigenvalue weighted by atomic mass is 79.9. The summed E-state index contributed by atoms with van der Waals surface area (Å²) in [6.45, 7) is 0. The first kappa shape index (κ1) is 70.5. The molecule has 0 atom stereocenters. The number of benzene rings is 12. The Morgan fingerprint density at radius 2 is 0.412 bits per heavy atom. The van der Waals surface area contributed by atoms with E-state index in [0.29, 0.717) is 29.1 Å². The molecule has 540 valence electrons. The molecule has 0 bridgehead atoms. The molecule has 0 unspecified atom stereocenters. The third kappa shape index (κ3) is 14.1. The number of aromatic nitrogens is 13. The smallest absolute Gasteiger partial charge is 0.164 e. The molecule has 0 N–H and O–H groups in total. The number of halogens is 3. The monoisotopic (exact) mass is 1660 g/mol. The Morgan fingerprint density at radius 3 is 0.684 bits per heavy atom. The van der Waals surface area contributed by atoms with Crippen molar-refractivity contribution in [1.82, 2.24) is 63.5 Å². The van der Waals surface area contributed by atoms with Crippen LogP contribution in [0, 0.1) is 0 Å². The number of pyridine rings is 3. The van der Waals surface area contributed by atoms with Gasteiger partial charge in [0.25, 0.3) is 0 Å². The van der Waals surface area contributed by atoms with Crippen molar-refractivity contribution >= 4 is 114 Å². The van der Waals surface area contributed by atoms with Crippen molar-refractivity contribution in [2.75, 3.05) is 0 Å². The van der Waals surface area contributed by atoms with Gasteiger partial charge in [-0.05, 0) is 164 Å². The molecule has 0 saturated heterocycles. The van der Waals surface area contributed by atoms with Gasteiger partial charge in [0.2, 0.25) is 0 Å². The highest BCUT2D eigenvalue weighted by Gasteiger charge is 2.21. The van der Waals surface area contributed by atoms with Gasteiger partial charge < -0.3 is 13.7 Å². The molecular weight excluding hydrogens is 1600 g/mol. The summed E-state index contributed by atoms with van der Waals surface area (Å²) in [5.74, 6) is 3.35. The second-order valence-corrected chi connectivity index (χ2v) is 29.9. The fraction of sp³-hybridized carbons (Fsp3) is 0. The normalized spacial score (nSPS) is 11.3. The molecule has 0 amide bonds. The third-order valence-corrected chi connectivity index (χ3v) is 21.5. The Bertz CT molecular complexity index is 6240. The summed E-state index contributed by atoms with van der Waals surface area (Å²) < 4.78 is 9.87. The third-order valence-electron chi connectivity index (χ3n) is 20.0. The maximum Gasteiger partial charge on any atom is 0.164 e. The van der Waals surface area contributed by atoms with Crippen LogP contribution >= 0.6 is 47.8 Å². The molecule has 0 saturated carbocycles. The number of hydrogen-bond donors (Lipinski definition) is 0. The van der Waals surface area contributed by atoms with Gasteiger partial charge in [0, 0.05) is 115 Å². The lowest BCUT2D eigenvalue weighted by atomic mass is 10.1. The van der Waals surface area contributed by atoms with Crippen molar-refractivity contribution in [2.45, 2.75) is 0 Å².